The second kappa shape index (κ2) is 10.7. The highest BCUT2D eigenvalue weighted by atomic mass is 32.1. The number of ether oxygens (including phenoxy) is 1. The van der Waals surface area contributed by atoms with Crippen molar-refractivity contribution >= 4 is 44.1 Å². The minimum atomic E-state index is -4.64. The fourth-order valence-corrected chi connectivity index (χ4v) is 4.81. The molecule has 0 bridgehead atoms. The highest BCUT2D eigenvalue weighted by Gasteiger charge is 2.31. The Kier molecular flexibility index (Phi) is 7.58. The van der Waals surface area contributed by atoms with Gasteiger partial charge in [0.05, 0.1) is 28.4 Å². The molecule has 2 heterocycles. The summed E-state index contributed by atoms with van der Waals surface area (Å²) in [5.74, 6) is -2.04. The van der Waals surface area contributed by atoms with Gasteiger partial charge in [-0.1, -0.05) is 12.1 Å². The Balaban J connectivity index is 1.49. The van der Waals surface area contributed by atoms with E-state index in [1.54, 1.807) is 12.1 Å². The third-order valence-corrected chi connectivity index (χ3v) is 6.90. The first-order chi connectivity index (χ1) is 17.6. The molecule has 1 atom stereocenters. The average molecular weight is 534 g/mol. The number of thiophene rings is 1. The third kappa shape index (κ3) is 5.96. The number of carboxylic acid groups (broad SMARTS) is 1. The molecule has 4 aromatic rings. The topological polar surface area (TPSA) is 111 Å². The summed E-state index contributed by atoms with van der Waals surface area (Å²) in [6, 6.07) is 9.72. The van der Waals surface area contributed by atoms with Gasteiger partial charge in [-0.3, -0.25) is 14.4 Å². The van der Waals surface area contributed by atoms with Crippen LogP contribution >= 0.6 is 11.3 Å². The molecule has 8 nitrogen and oxygen atoms in total. The van der Waals surface area contributed by atoms with Gasteiger partial charge >= 0.3 is 12.1 Å². The van der Waals surface area contributed by atoms with Crippen LogP contribution in [0.1, 0.15) is 41.4 Å². The number of halogens is 3. The molecule has 0 aliphatic heterocycles. The van der Waals surface area contributed by atoms with Crippen LogP contribution in [0.3, 0.4) is 0 Å². The molecule has 0 spiro atoms. The van der Waals surface area contributed by atoms with E-state index in [-0.39, 0.29) is 36.1 Å². The van der Waals surface area contributed by atoms with Crippen LogP contribution in [0, 0.1) is 5.92 Å². The van der Waals surface area contributed by atoms with E-state index in [9.17, 15) is 32.7 Å². The van der Waals surface area contributed by atoms with E-state index in [2.05, 4.69) is 10.3 Å². The van der Waals surface area contributed by atoms with Crippen molar-refractivity contribution in [2.24, 2.45) is 5.92 Å². The molecule has 0 saturated carbocycles. The molecule has 0 amide bonds. The summed E-state index contributed by atoms with van der Waals surface area (Å²) in [5.41, 5.74) is -1.83. The SMILES string of the molecule is CCCOc1ccc2cc(C(=O)CC(CCn3nnc4ccc(C(F)(F)F)cc4c3=O)C(=O)O)sc2c1. The highest BCUT2D eigenvalue weighted by Crippen LogP contribution is 2.32. The number of hydrogen-bond donors (Lipinski definition) is 1. The number of hydrogen-bond acceptors (Lipinski definition) is 7. The van der Waals surface area contributed by atoms with Gasteiger partial charge in [-0.2, -0.15) is 13.2 Å². The minimum Gasteiger partial charge on any atom is -0.494 e. The molecule has 1 unspecified atom stereocenters. The molecule has 2 aromatic heterocycles. The standard InChI is InChI=1S/C25H22F3N3O5S/c1-2-9-36-17-5-3-14-11-22(37-21(14)13-17)20(32)10-15(24(34)35)7-8-31-23(33)18-12-16(25(26,27)28)4-6-19(18)29-30-31/h3-6,11-13,15H,2,7-10H2,1H3,(H,34,35). The summed E-state index contributed by atoms with van der Waals surface area (Å²) >= 11 is 1.24. The molecule has 194 valence electrons. The van der Waals surface area contributed by atoms with Crippen LogP contribution in [0.15, 0.2) is 47.3 Å². The van der Waals surface area contributed by atoms with Crippen LogP contribution < -0.4 is 10.3 Å². The van der Waals surface area contributed by atoms with Gasteiger partial charge in [-0.25, -0.2) is 4.68 Å². The number of carbonyl (C=O) groups is 2. The van der Waals surface area contributed by atoms with Crippen molar-refractivity contribution in [3.63, 3.8) is 0 Å². The zero-order valence-electron chi connectivity index (χ0n) is 19.6. The van der Waals surface area contributed by atoms with Gasteiger partial charge < -0.3 is 9.84 Å². The normalized spacial score (nSPS) is 12.6. The summed E-state index contributed by atoms with van der Waals surface area (Å²) in [6.45, 7) is 2.33. The molecule has 1 N–H and O–H groups in total. The van der Waals surface area contributed by atoms with Gasteiger partial charge in [0.15, 0.2) is 5.78 Å². The summed E-state index contributed by atoms with van der Waals surface area (Å²) in [7, 11) is 0. The number of aryl methyl sites for hydroxylation is 1. The highest BCUT2D eigenvalue weighted by molar-refractivity contribution is 7.20. The van der Waals surface area contributed by atoms with Gasteiger partial charge in [0.25, 0.3) is 5.56 Å². The lowest BCUT2D eigenvalue weighted by Gasteiger charge is -2.12. The lowest BCUT2D eigenvalue weighted by molar-refractivity contribution is -0.142. The molecule has 0 fully saturated rings. The predicted molar refractivity (Wildman–Crippen MR) is 131 cm³/mol. The number of ketones is 1. The first-order valence-corrected chi connectivity index (χ1v) is 12.3. The van der Waals surface area contributed by atoms with Gasteiger partial charge in [-0.05, 0) is 60.7 Å². The van der Waals surface area contributed by atoms with E-state index in [1.165, 1.54) is 11.3 Å². The van der Waals surface area contributed by atoms with Crippen LogP contribution in [-0.2, 0) is 17.5 Å². The van der Waals surface area contributed by atoms with Gasteiger partial charge in [-0.15, -0.1) is 16.4 Å². The zero-order valence-corrected chi connectivity index (χ0v) is 20.4. The molecule has 2 aromatic carbocycles. The van der Waals surface area contributed by atoms with Crippen LogP contribution in [0.25, 0.3) is 21.0 Å². The molecule has 0 radical (unpaired) electrons. The Morgan fingerprint density at radius 1 is 1.16 bits per heavy atom. The second-order valence-electron chi connectivity index (χ2n) is 8.46. The maximum absolute atomic E-state index is 13.0. The van der Waals surface area contributed by atoms with E-state index >= 15 is 0 Å². The van der Waals surface area contributed by atoms with Crippen molar-refractivity contribution in [3.05, 3.63) is 63.3 Å². The Hall–Kier alpha value is -3.80. The molecule has 12 heteroatoms. The number of nitrogens with zero attached hydrogens (tertiary/aromatic N) is 3. The van der Waals surface area contributed by atoms with E-state index in [4.69, 9.17) is 4.74 Å². The minimum absolute atomic E-state index is 0.00720. The lowest BCUT2D eigenvalue weighted by Crippen LogP contribution is -2.27. The third-order valence-electron chi connectivity index (χ3n) is 5.76. The number of carbonyl (C=O) groups excluding carboxylic acids is 1. The zero-order chi connectivity index (χ0) is 26.7. The van der Waals surface area contributed by atoms with Crippen LogP contribution in [0.2, 0.25) is 0 Å². The van der Waals surface area contributed by atoms with E-state index < -0.39 is 29.2 Å². The van der Waals surface area contributed by atoms with Crippen LogP contribution in [0.5, 0.6) is 5.75 Å². The molecule has 0 saturated heterocycles. The number of rotatable bonds is 10. The van der Waals surface area contributed by atoms with Crippen molar-refractivity contribution in [1.29, 1.82) is 0 Å². The smallest absolute Gasteiger partial charge is 0.416 e. The molecular weight excluding hydrogens is 511 g/mol. The second-order valence-corrected chi connectivity index (χ2v) is 9.54. The summed E-state index contributed by atoms with van der Waals surface area (Å²) < 4.78 is 46.4. The van der Waals surface area contributed by atoms with Gasteiger partial charge in [0, 0.05) is 17.7 Å². The Morgan fingerprint density at radius 2 is 1.95 bits per heavy atom. The fourth-order valence-electron chi connectivity index (χ4n) is 3.77. The van der Waals surface area contributed by atoms with Crippen molar-refractivity contribution < 1.29 is 32.6 Å². The number of aromatic nitrogens is 3. The fraction of sp³-hybridized carbons (Fsp3) is 0.320. The first-order valence-electron chi connectivity index (χ1n) is 11.4. The number of carboxylic acids is 1. The Morgan fingerprint density at radius 3 is 2.65 bits per heavy atom. The summed E-state index contributed by atoms with van der Waals surface area (Å²) in [5, 5.41) is 17.7. The first kappa shape index (κ1) is 26.3. The van der Waals surface area contributed by atoms with Crippen molar-refractivity contribution in [2.75, 3.05) is 6.61 Å². The number of benzene rings is 2. The maximum Gasteiger partial charge on any atom is 0.416 e. The number of aliphatic carboxylic acids is 1. The molecule has 37 heavy (non-hydrogen) atoms. The van der Waals surface area contributed by atoms with Gasteiger partial charge in [0.2, 0.25) is 0 Å². The van der Waals surface area contributed by atoms with E-state index in [0.29, 0.717) is 23.3 Å². The van der Waals surface area contributed by atoms with E-state index in [1.807, 2.05) is 19.1 Å². The lowest BCUT2D eigenvalue weighted by atomic mass is 9.98. The van der Waals surface area contributed by atoms with Crippen LogP contribution in [-0.4, -0.2) is 38.5 Å². The molecule has 4 rings (SSSR count). The average Bonchev–Trinajstić information content (AvgIpc) is 3.29. The Labute approximate surface area is 212 Å². The molecule has 0 aliphatic carbocycles. The maximum atomic E-state index is 13.0. The van der Waals surface area contributed by atoms with Crippen LogP contribution in [0.4, 0.5) is 13.2 Å². The Bertz CT molecular complexity index is 1530. The number of alkyl halides is 3. The number of fused-ring (bicyclic) bond motifs is 2. The summed E-state index contributed by atoms with van der Waals surface area (Å²) in [4.78, 5) is 37.8. The molecule has 0 aliphatic rings. The largest absolute Gasteiger partial charge is 0.494 e. The van der Waals surface area contributed by atoms with E-state index in [0.717, 1.165) is 33.3 Å². The van der Waals surface area contributed by atoms with Crippen molar-refractivity contribution in [2.45, 2.75) is 38.9 Å². The molecular formula is C25H22F3N3O5S. The number of Topliss-reactive ketones (excluding diaryl/α,β-unsaturated/α-hetero) is 1. The monoisotopic (exact) mass is 533 g/mol. The van der Waals surface area contributed by atoms with Gasteiger partial charge in [0.1, 0.15) is 11.3 Å². The van der Waals surface area contributed by atoms with Crippen molar-refractivity contribution in [3.8, 4) is 5.75 Å². The predicted octanol–water partition coefficient (Wildman–Crippen LogP) is 5.18. The quantitative estimate of drug-likeness (QED) is 0.280. The van der Waals surface area contributed by atoms with Crippen molar-refractivity contribution in [1.82, 2.24) is 15.0 Å². The summed E-state index contributed by atoms with van der Waals surface area (Å²) in [6.07, 6.45) is -4.23.